The number of ether oxygens (including phenoxy) is 1. The van der Waals surface area contributed by atoms with Crippen LogP contribution in [0.15, 0.2) is 48.8 Å². The lowest BCUT2D eigenvalue weighted by Gasteiger charge is -2.12. The highest BCUT2D eigenvalue weighted by atomic mass is 16.5. The van der Waals surface area contributed by atoms with Crippen LogP contribution in [0.4, 0.5) is 5.69 Å². The van der Waals surface area contributed by atoms with Crippen LogP contribution in [0.1, 0.15) is 24.0 Å². The Morgan fingerprint density at radius 1 is 1.37 bits per heavy atom. The molecule has 2 rings (SSSR count). The number of nitrogen functional groups attached to an aromatic ring is 1. The maximum absolute atomic E-state index is 11.9. The van der Waals surface area contributed by atoms with Gasteiger partial charge in [0.15, 0.2) is 0 Å². The summed E-state index contributed by atoms with van der Waals surface area (Å²) in [5.41, 5.74) is 8.07. The number of carbonyl (C=O) groups excluding carboxylic acids is 1. The summed E-state index contributed by atoms with van der Waals surface area (Å²) in [5, 5.41) is 0. The molecular weight excluding hydrogens is 240 g/mol. The summed E-state index contributed by atoms with van der Waals surface area (Å²) in [5.74, 6) is -0.602. The molecule has 0 amide bonds. The number of nitrogens with zero attached hydrogens (tertiary/aromatic N) is 1. The molecule has 0 saturated carbocycles. The highest BCUT2D eigenvalue weighted by Crippen LogP contribution is 2.19. The minimum Gasteiger partial charge on any atom is -0.460 e. The molecule has 1 aromatic heterocycles. The summed E-state index contributed by atoms with van der Waals surface area (Å²) < 4.78 is 5.26. The van der Waals surface area contributed by atoms with E-state index in [4.69, 9.17) is 10.5 Å². The van der Waals surface area contributed by atoms with Gasteiger partial charge in [-0.1, -0.05) is 18.2 Å². The molecule has 1 unspecified atom stereocenters. The Balaban J connectivity index is 1.96. The number of benzene rings is 1. The monoisotopic (exact) mass is 256 g/mol. The fraction of sp³-hybridized carbons (Fsp3) is 0.200. The van der Waals surface area contributed by atoms with E-state index in [1.807, 2.05) is 24.3 Å². The lowest BCUT2D eigenvalue weighted by Crippen LogP contribution is -2.13. The number of esters is 1. The first-order valence-corrected chi connectivity index (χ1v) is 6.08. The second kappa shape index (κ2) is 6.00. The largest absolute Gasteiger partial charge is 0.460 e. The molecule has 0 spiro atoms. The predicted octanol–water partition coefficient (Wildman–Crippen LogP) is 2.51. The summed E-state index contributed by atoms with van der Waals surface area (Å²) in [4.78, 5) is 15.9. The predicted molar refractivity (Wildman–Crippen MR) is 73.3 cm³/mol. The van der Waals surface area contributed by atoms with Gasteiger partial charge in [-0.05, 0) is 30.7 Å². The van der Waals surface area contributed by atoms with Crippen LogP contribution in [-0.4, -0.2) is 11.0 Å². The number of carbonyl (C=O) groups is 1. The molecule has 0 aliphatic rings. The van der Waals surface area contributed by atoms with Crippen molar-refractivity contribution in [1.29, 1.82) is 0 Å². The number of hydrogen-bond acceptors (Lipinski definition) is 4. The van der Waals surface area contributed by atoms with Gasteiger partial charge in [0.25, 0.3) is 0 Å². The van der Waals surface area contributed by atoms with Crippen molar-refractivity contribution in [2.45, 2.75) is 19.4 Å². The minimum atomic E-state index is -0.333. The molecule has 0 aliphatic heterocycles. The first-order chi connectivity index (χ1) is 9.16. The van der Waals surface area contributed by atoms with Crippen LogP contribution in [0, 0.1) is 0 Å². The Hall–Kier alpha value is -2.36. The number of anilines is 1. The summed E-state index contributed by atoms with van der Waals surface area (Å²) in [6, 6.07) is 10.9. The van der Waals surface area contributed by atoms with Crippen molar-refractivity contribution in [3.05, 3.63) is 59.9 Å². The van der Waals surface area contributed by atoms with Crippen molar-refractivity contribution in [3.8, 4) is 0 Å². The maximum atomic E-state index is 11.9. The summed E-state index contributed by atoms with van der Waals surface area (Å²) in [6.07, 6.45) is 3.36. The standard InChI is InChI=1S/C15H16N2O2/c1-11(13-5-2-6-14(16)8-13)15(18)19-10-12-4-3-7-17-9-12/h2-9,11H,10,16H2,1H3. The lowest BCUT2D eigenvalue weighted by molar-refractivity contribution is -0.146. The van der Waals surface area contributed by atoms with Gasteiger partial charge in [0.1, 0.15) is 6.61 Å². The van der Waals surface area contributed by atoms with Gasteiger partial charge in [-0.2, -0.15) is 0 Å². The highest BCUT2D eigenvalue weighted by Gasteiger charge is 2.16. The Morgan fingerprint density at radius 2 is 2.21 bits per heavy atom. The molecule has 4 nitrogen and oxygen atoms in total. The lowest BCUT2D eigenvalue weighted by atomic mass is 10.0. The minimum absolute atomic E-state index is 0.235. The van der Waals surface area contributed by atoms with E-state index < -0.39 is 0 Å². The summed E-state index contributed by atoms with van der Waals surface area (Å²) >= 11 is 0. The normalized spacial score (nSPS) is 11.8. The molecule has 0 saturated heterocycles. The van der Waals surface area contributed by atoms with Crippen molar-refractivity contribution < 1.29 is 9.53 Å². The van der Waals surface area contributed by atoms with Crippen LogP contribution in [0.5, 0.6) is 0 Å². The topological polar surface area (TPSA) is 65.2 Å². The highest BCUT2D eigenvalue weighted by molar-refractivity contribution is 5.78. The molecule has 0 fully saturated rings. The van der Waals surface area contributed by atoms with Gasteiger partial charge in [0.2, 0.25) is 0 Å². The number of rotatable bonds is 4. The molecule has 1 heterocycles. The number of hydrogen-bond donors (Lipinski definition) is 1. The first kappa shape index (κ1) is 13.1. The fourth-order valence-electron chi connectivity index (χ4n) is 1.73. The maximum Gasteiger partial charge on any atom is 0.313 e. The average molecular weight is 256 g/mol. The van der Waals surface area contributed by atoms with Crippen LogP contribution < -0.4 is 5.73 Å². The SMILES string of the molecule is CC(C(=O)OCc1cccnc1)c1cccc(N)c1. The van der Waals surface area contributed by atoms with Crippen LogP contribution in [0.3, 0.4) is 0 Å². The van der Waals surface area contributed by atoms with Crippen LogP contribution in [0.25, 0.3) is 0 Å². The third kappa shape index (κ3) is 3.55. The third-order valence-electron chi connectivity index (χ3n) is 2.87. The van der Waals surface area contributed by atoms with Crippen molar-refractivity contribution in [2.75, 3.05) is 5.73 Å². The van der Waals surface area contributed by atoms with Gasteiger partial charge in [-0.15, -0.1) is 0 Å². The van der Waals surface area contributed by atoms with Crippen molar-refractivity contribution >= 4 is 11.7 Å². The summed E-state index contributed by atoms with van der Waals surface area (Å²) in [7, 11) is 0. The fourth-order valence-corrected chi connectivity index (χ4v) is 1.73. The van der Waals surface area contributed by atoms with Crippen molar-refractivity contribution in [1.82, 2.24) is 4.98 Å². The van der Waals surface area contributed by atoms with E-state index in [9.17, 15) is 4.79 Å². The van der Waals surface area contributed by atoms with Crippen LogP contribution >= 0.6 is 0 Å². The molecule has 1 aromatic carbocycles. The molecule has 2 N–H and O–H groups in total. The zero-order chi connectivity index (χ0) is 13.7. The van der Waals surface area contributed by atoms with Gasteiger partial charge in [-0.3, -0.25) is 9.78 Å². The van der Waals surface area contributed by atoms with Crippen LogP contribution in [0.2, 0.25) is 0 Å². The van der Waals surface area contributed by atoms with E-state index >= 15 is 0 Å². The summed E-state index contributed by atoms with van der Waals surface area (Å²) in [6.45, 7) is 2.04. The number of aromatic nitrogens is 1. The Bertz CT molecular complexity index is 555. The van der Waals surface area contributed by atoms with E-state index in [1.54, 1.807) is 31.5 Å². The van der Waals surface area contributed by atoms with Gasteiger partial charge < -0.3 is 10.5 Å². The van der Waals surface area contributed by atoms with Crippen molar-refractivity contribution in [2.24, 2.45) is 0 Å². The second-order valence-electron chi connectivity index (χ2n) is 4.36. The van der Waals surface area contributed by atoms with E-state index in [-0.39, 0.29) is 18.5 Å². The van der Waals surface area contributed by atoms with Gasteiger partial charge in [0.05, 0.1) is 5.92 Å². The van der Waals surface area contributed by atoms with Gasteiger partial charge in [0, 0.05) is 23.6 Å². The first-order valence-electron chi connectivity index (χ1n) is 6.08. The zero-order valence-corrected chi connectivity index (χ0v) is 10.7. The molecule has 98 valence electrons. The second-order valence-corrected chi connectivity index (χ2v) is 4.36. The van der Waals surface area contributed by atoms with E-state index in [0.717, 1.165) is 11.1 Å². The number of pyridine rings is 1. The van der Waals surface area contributed by atoms with Gasteiger partial charge in [-0.25, -0.2) is 0 Å². The zero-order valence-electron chi connectivity index (χ0n) is 10.7. The van der Waals surface area contributed by atoms with E-state index in [0.29, 0.717) is 5.69 Å². The van der Waals surface area contributed by atoms with Crippen molar-refractivity contribution in [3.63, 3.8) is 0 Å². The molecule has 0 radical (unpaired) electrons. The smallest absolute Gasteiger partial charge is 0.313 e. The molecule has 0 bridgehead atoms. The number of nitrogens with two attached hydrogens (primary N) is 1. The Morgan fingerprint density at radius 3 is 2.89 bits per heavy atom. The molecule has 2 aromatic rings. The third-order valence-corrected chi connectivity index (χ3v) is 2.87. The molecule has 0 aliphatic carbocycles. The van der Waals surface area contributed by atoms with Gasteiger partial charge >= 0.3 is 5.97 Å². The van der Waals surface area contributed by atoms with E-state index in [1.165, 1.54) is 0 Å². The van der Waals surface area contributed by atoms with E-state index in [2.05, 4.69) is 4.98 Å². The van der Waals surface area contributed by atoms with Crippen LogP contribution in [-0.2, 0) is 16.1 Å². The molecular formula is C15H16N2O2. The Kier molecular flexibility index (Phi) is 4.13. The Labute approximate surface area is 112 Å². The molecule has 19 heavy (non-hydrogen) atoms. The molecule has 4 heteroatoms. The quantitative estimate of drug-likeness (QED) is 0.674. The average Bonchev–Trinajstić information content (AvgIpc) is 2.45. The molecule has 1 atom stereocenters.